The molecule has 3 rings (SSSR count). The maximum Gasteiger partial charge on any atom is 0.366 e. The molecule has 2 aromatic carbocycles. The molecular formula is C17H13N3O2. The molecule has 22 heavy (non-hydrogen) atoms. The summed E-state index contributed by atoms with van der Waals surface area (Å²) in [5.74, 6) is -0.426. The zero-order chi connectivity index (χ0) is 15.4. The maximum absolute atomic E-state index is 12.2. The van der Waals surface area contributed by atoms with E-state index in [9.17, 15) is 4.79 Å². The number of fused-ring (bicyclic) bond motifs is 1. The van der Waals surface area contributed by atoms with E-state index in [1.54, 1.807) is 36.7 Å². The highest BCUT2D eigenvalue weighted by atomic mass is 16.7. The number of carbonyl (C=O) groups excluding carboxylic acids is 1. The number of oxime groups is 1. The van der Waals surface area contributed by atoms with Crippen LogP contribution in [0.3, 0.4) is 0 Å². The maximum atomic E-state index is 12.2. The summed E-state index contributed by atoms with van der Waals surface area (Å²) in [7, 11) is 0. The fourth-order valence-corrected chi connectivity index (χ4v) is 2.12. The molecule has 0 amide bonds. The fraction of sp³-hybridized carbons (Fsp3) is 0. The van der Waals surface area contributed by atoms with Gasteiger partial charge >= 0.3 is 5.97 Å². The van der Waals surface area contributed by atoms with Gasteiger partial charge in [0.15, 0.2) is 5.84 Å². The van der Waals surface area contributed by atoms with Gasteiger partial charge in [0.2, 0.25) is 0 Å². The Morgan fingerprint density at radius 2 is 1.73 bits per heavy atom. The Bertz CT molecular complexity index is 839. The zero-order valence-corrected chi connectivity index (χ0v) is 11.6. The lowest BCUT2D eigenvalue weighted by Crippen LogP contribution is -2.15. The largest absolute Gasteiger partial charge is 0.380 e. The first-order valence-electron chi connectivity index (χ1n) is 6.68. The van der Waals surface area contributed by atoms with Crippen molar-refractivity contribution in [3.8, 4) is 0 Å². The van der Waals surface area contributed by atoms with Crippen molar-refractivity contribution in [2.24, 2.45) is 10.9 Å². The molecule has 0 aliphatic carbocycles. The van der Waals surface area contributed by atoms with Crippen LogP contribution >= 0.6 is 0 Å². The minimum atomic E-state index is -0.547. The van der Waals surface area contributed by atoms with Crippen molar-refractivity contribution < 1.29 is 9.63 Å². The minimum Gasteiger partial charge on any atom is -0.380 e. The van der Waals surface area contributed by atoms with Crippen molar-refractivity contribution in [3.63, 3.8) is 0 Å². The smallest absolute Gasteiger partial charge is 0.366 e. The minimum absolute atomic E-state index is 0.121. The highest BCUT2D eigenvalue weighted by molar-refractivity contribution is 6.05. The van der Waals surface area contributed by atoms with Crippen LogP contribution in [0, 0.1) is 0 Å². The molecule has 0 aliphatic heterocycles. The monoisotopic (exact) mass is 291 g/mol. The van der Waals surface area contributed by atoms with Gasteiger partial charge in [-0.2, -0.15) is 0 Å². The van der Waals surface area contributed by atoms with Gasteiger partial charge in [-0.05, 0) is 29.0 Å². The molecule has 0 radical (unpaired) electrons. The van der Waals surface area contributed by atoms with Crippen LogP contribution in [-0.4, -0.2) is 16.8 Å². The van der Waals surface area contributed by atoms with Gasteiger partial charge in [0.1, 0.15) is 0 Å². The van der Waals surface area contributed by atoms with Crippen molar-refractivity contribution >= 4 is 22.6 Å². The van der Waals surface area contributed by atoms with E-state index in [2.05, 4.69) is 10.1 Å². The molecule has 108 valence electrons. The molecule has 0 aliphatic rings. The van der Waals surface area contributed by atoms with Crippen LogP contribution in [0.1, 0.15) is 15.9 Å². The van der Waals surface area contributed by atoms with Crippen molar-refractivity contribution in [1.82, 2.24) is 4.98 Å². The van der Waals surface area contributed by atoms with Gasteiger partial charge in [0.25, 0.3) is 0 Å². The number of amidine groups is 1. The van der Waals surface area contributed by atoms with E-state index in [0.29, 0.717) is 11.1 Å². The molecule has 5 heteroatoms. The average Bonchev–Trinajstić information content (AvgIpc) is 2.59. The third-order valence-electron chi connectivity index (χ3n) is 3.21. The molecule has 5 nitrogen and oxygen atoms in total. The topological polar surface area (TPSA) is 77.6 Å². The van der Waals surface area contributed by atoms with Gasteiger partial charge in [-0.25, -0.2) is 4.79 Å². The molecule has 0 bridgehead atoms. The summed E-state index contributed by atoms with van der Waals surface area (Å²) >= 11 is 0. The van der Waals surface area contributed by atoms with E-state index in [1.165, 1.54) is 0 Å². The van der Waals surface area contributed by atoms with Crippen molar-refractivity contribution in [2.75, 3.05) is 0 Å². The fourth-order valence-electron chi connectivity index (χ4n) is 2.12. The first kappa shape index (κ1) is 13.8. The number of rotatable bonds is 3. The van der Waals surface area contributed by atoms with E-state index >= 15 is 0 Å². The first-order valence-corrected chi connectivity index (χ1v) is 6.68. The summed E-state index contributed by atoms with van der Waals surface area (Å²) in [5, 5.41) is 5.47. The lowest BCUT2D eigenvalue weighted by atomic mass is 10.1. The van der Waals surface area contributed by atoms with Crippen molar-refractivity contribution in [1.29, 1.82) is 0 Å². The summed E-state index contributed by atoms with van der Waals surface area (Å²) in [4.78, 5) is 21.0. The van der Waals surface area contributed by atoms with Gasteiger partial charge in [0.05, 0.1) is 5.56 Å². The van der Waals surface area contributed by atoms with E-state index < -0.39 is 5.97 Å². The molecule has 0 spiro atoms. The summed E-state index contributed by atoms with van der Waals surface area (Å²) in [6, 6.07) is 16.4. The predicted octanol–water partition coefficient (Wildman–Crippen LogP) is 2.71. The SMILES string of the molecule is N/C(=N\OC(=O)c1cccc2ccccc12)c1ccncc1. The molecule has 0 unspecified atom stereocenters. The molecule has 0 saturated heterocycles. The van der Waals surface area contributed by atoms with E-state index in [-0.39, 0.29) is 5.84 Å². The number of nitrogens with two attached hydrogens (primary N) is 1. The number of hydrogen-bond donors (Lipinski definition) is 1. The zero-order valence-electron chi connectivity index (χ0n) is 11.6. The summed E-state index contributed by atoms with van der Waals surface area (Å²) < 4.78 is 0. The predicted molar refractivity (Wildman–Crippen MR) is 84.3 cm³/mol. The Labute approximate surface area is 127 Å². The van der Waals surface area contributed by atoms with Crippen molar-refractivity contribution in [2.45, 2.75) is 0 Å². The molecule has 0 saturated carbocycles. The quantitative estimate of drug-likeness (QED) is 0.348. The Kier molecular flexibility index (Phi) is 3.78. The second-order valence-corrected chi connectivity index (χ2v) is 4.62. The van der Waals surface area contributed by atoms with Crippen LogP contribution in [0.25, 0.3) is 10.8 Å². The number of aromatic nitrogens is 1. The summed E-state index contributed by atoms with van der Waals surface area (Å²) in [5.41, 5.74) is 6.87. The number of benzene rings is 2. The van der Waals surface area contributed by atoms with Crippen LogP contribution in [0.4, 0.5) is 0 Å². The third-order valence-corrected chi connectivity index (χ3v) is 3.21. The molecular weight excluding hydrogens is 278 g/mol. The summed E-state index contributed by atoms with van der Waals surface area (Å²) in [6.07, 6.45) is 3.18. The van der Waals surface area contributed by atoms with Gasteiger partial charge < -0.3 is 10.6 Å². The van der Waals surface area contributed by atoms with Crippen molar-refractivity contribution in [3.05, 3.63) is 78.1 Å². The second kappa shape index (κ2) is 6.05. The Morgan fingerprint density at radius 3 is 2.55 bits per heavy atom. The van der Waals surface area contributed by atoms with E-state index in [0.717, 1.165) is 10.8 Å². The highest BCUT2D eigenvalue weighted by Crippen LogP contribution is 2.19. The highest BCUT2D eigenvalue weighted by Gasteiger charge is 2.11. The molecule has 1 aromatic heterocycles. The van der Waals surface area contributed by atoms with Gasteiger partial charge in [0, 0.05) is 18.0 Å². The Balaban J connectivity index is 1.85. The van der Waals surface area contributed by atoms with Gasteiger partial charge in [-0.15, -0.1) is 0 Å². The molecule has 1 heterocycles. The average molecular weight is 291 g/mol. The second-order valence-electron chi connectivity index (χ2n) is 4.62. The van der Waals surface area contributed by atoms with E-state index in [1.807, 2.05) is 30.3 Å². The van der Waals surface area contributed by atoms with Crippen LogP contribution in [0.5, 0.6) is 0 Å². The lowest BCUT2D eigenvalue weighted by molar-refractivity contribution is 0.0518. The normalized spacial score (nSPS) is 11.4. The number of hydrogen-bond acceptors (Lipinski definition) is 4. The summed E-state index contributed by atoms with van der Waals surface area (Å²) in [6.45, 7) is 0. The molecule has 0 fully saturated rings. The third kappa shape index (κ3) is 2.78. The number of pyridine rings is 1. The van der Waals surface area contributed by atoms with Crippen LogP contribution < -0.4 is 5.73 Å². The van der Waals surface area contributed by atoms with Gasteiger partial charge in [-0.3, -0.25) is 4.98 Å². The van der Waals surface area contributed by atoms with Crippen LogP contribution in [-0.2, 0) is 4.84 Å². The molecule has 3 aromatic rings. The Morgan fingerprint density at radius 1 is 1.00 bits per heavy atom. The van der Waals surface area contributed by atoms with Crippen LogP contribution in [0.15, 0.2) is 72.1 Å². The lowest BCUT2D eigenvalue weighted by Gasteiger charge is -2.04. The van der Waals surface area contributed by atoms with E-state index in [4.69, 9.17) is 10.6 Å². The molecule has 2 N–H and O–H groups in total. The standard InChI is InChI=1S/C17H13N3O2/c18-16(13-8-10-19-11-9-13)20-22-17(21)15-7-3-5-12-4-1-2-6-14(12)15/h1-11H,(H2,18,20). The first-order chi connectivity index (χ1) is 10.8. The molecule has 0 atom stereocenters. The van der Waals surface area contributed by atoms with Crippen LogP contribution in [0.2, 0.25) is 0 Å². The number of carbonyl (C=O) groups is 1. The Hall–Kier alpha value is -3.21. The number of nitrogens with zero attached hydrogens (tertiary/aromatic N) is 2. The van der Waals surface area contributed by atoms with Gasteiger partial charge in [-0.1, -0.05) is 41.6 Å².